The Bertz CT molecular complexity index is 809. The lowest BCUT2D eigenvalue weighted by Gasteiger charge is -2.13. The van der Waals surface area contributed by atoms with Crippen LogP contribution in [-0.2, 0) is 4.79 Å². The first-order valence-corrected chi connectivity index (χ1v) is 7.33. The number of benzene rings is 2. The summed E-state index contributed by atoms with van der Waals surface area (Å²) in [6.45, 7) is 0. The average Bonchev–Trinajstić information content (AvgIpc) is 3.04. The Hall–Kier alpha value is -2.33. The summed E-state index contributed by atoms with van der Waals surface area (Å²) in [6.07, 6.45) is 0. The van der Waals surface area contributed by atoms with Crippen LogP contribution in [0.5, 0.6) is 0 Å². The zero-order chi connectivity index (χ0) is 13.5. The molecule has 3 aromatic rings. The van der Waals surface area contributed by atoms with Crippen molar-refractivity contribution in [1.29, 1.82) is 0 Å². The zero-order valence-corrected chi connectivity index (χ0v) is 11.4. The summed E-state index contributed by atoms with van der Waals surface area (Å²) in [7, 11) is 0. The van der Waals surface area contributed by atoms with Crippen molar-refractivity contribution in [3.05, 3.63) is 59.5 Å². The molecular weight excluding hydrogens is 268 g/mol. The van der Waals surface area contributed by atoms with E-state index in [0.29, 0.717) is 0 Å². The highest BCUT2D eigenvalue weighted by atomic mass is 32.1. The van der Waals surface area contributed by atoms with Crippen LogP contribution >= 0.6 is 11.3 Å². The molecule has 4 rings (SSSR count). The first kappa shape index (κ1) is 11.5. The van der Waals surface area contributed by atoms with Gasteiger partial charge >= 0.3 is 0 Å². The minimum atomic E-state index is -0.317. The van der Waals surface area contributed by atoms with Gasteiger partial charge in [0, 0.05) is 21.6 Å². The molecule has 1 aliphatic rings. The molecule has 2 heterocycles. The van der Waals surface area contributed by atoms with Crippen molar-refractivity contribution in [2.24, 2.45) is 0 Å². The van der Waals surface area contributed by atoms with Gasteiger partial charge in [0.25, 0.3) is 5.91 Å². The van der Waals surface area contributed by atoms with E-state index in [9.17, 15) is 4.79 Å². The molecule has 0 saturated carbocycles. The number of rotatable bonds is 2. The van der Waals surface area contributed by atoms with Crippen molar-refractivity contribution in [1.82, 2.24) is 0 Å². The van der Waals surface area contributed by atoms with Crippen molar-refractivity contribution in [2.75, 3.05) is 10.6 Å². The molecule has 1 aromatic heterocycles. The fourth-order valence-corrected chi connectivity index (χ4v) is 3.35. The Labute approximate surface area is 120 Å². The third kappa shape index (κ3) is 1.77. The van der Waals surface area contributed by atoms with Gasteiger partial charge in [-0.2, -0.15) is 0 Å². The van der Waals surface area contributed by atoms with Crippen LogP contribution in [0, 0.1) is 0 Å². The Morgan fingerprint density at radius 2 is 2.00 bits per heavy atom. The number of carbonyl (C=O) groups is 1. The molecule has 98 valence electrons. The number of nitrogens with one attached hydrogen (secondary N) is 2. The third-order valence-corrected chi connectivity index (χ3v) is 4.45. The molecule has 0 fully saturated rings. The maximum atomic E-state index is 12.1. The van der Waals surface area contributed by atoms with Crippen molar-refractivity contribution in [2.45, 2.75) is 6.04 Å². The quantitative estimate of drug-likeness (QED) is 0.744. The van der Waals surface area contributed by atoms with Crippen LogP contribution in [0.25, 0.3) is 10.1 Å². The number of amides is 1. The highest BCUT2D eigenvalue weighted by Crippen LogP contribution is 2.33. The van der Waals surface area contributed by atoms with E-state index in [1.54, 1.807) is 11.3 Å². The van der Waals surface area contributed by atoms with Crippen LogP contribution in [0.2, 0.25) is 0 Å². The molecule has 1 atom stereocenters. The van der Waals surface area contributed by atoms with Crippen LogP contribution in [0.1, 0.15) is 11.6 Å². The molecule has 0 aliphatic carbocycles. The molecular formula is C16H12N2OS. The topological polar surface area (TPSA) is 41.1 Å². The van der Waals surface area contributed by atoms with Gasteiger partial charge in [0.15, 0.2) is 0 Å². The SMILES string of the molecule is O=C1Nc2ccccc2C1Nc1ccc2sccc2c1. The first-order chi connectivity index (χ1) is 9.81. The summed E-state index contributed by atoms with van der Waals surface area (Å²) >= 11 is 1.72. The number of thiophene rings is 1. The predicted molar refractivity (Wildman–Crippen MR) is 83.3 cm³/mol. The number of para-hydroxylation sites is 1. The molecule has 2 N–H and O–H groups in total. The number of anilines is 2. The summed E-state index contributed by atoms with van der Waals surface area (Å²) in [4.78, 5) is 12.1. The van der Waals surface area contributed by atoms with Crippen LogP contribution in [0.4, 0.5) is 11.4 Å². The molecule has 1 unspecified atom stereocenters. The predicted octanol–water partition coefficient (Wildman–Crippen LogP) is 4.01. The maximum Gasteiger partial charge on any atom is 0.251 e. The highest BCUT2D eigenvalue weighted by Gasteiger charge is 2.29. The molecule has 0 radical (unpaired) electrons. The average molecular weight is 280 g/mol. The number of hydrogen-bond donors (Lipinski definition) is 2. The highest BCUT2D eigenvalue weighted by molar-refractivity contribution is 7.17. The third-order valence-electron chi connectivity index (χ3n) is 3.56. The Morgan fingerprint density at radius 3 is 2.95 bits per heavy atom. The Balaban J connectivity index is 1.70. The van der Waals surface area contributed by atoms with Gasteiger partial charge in [0.1, 0.15) is 6.04 Å². The van der Waals surface area contributed by atoms with Crippen molar-refractivity contribution in [3.63, 3.8) is 0 Å². The van der Waals surface area contributed by atoms with Gasteiger partial charge in [-0.15, -0.1) is 11.3 Å². The van der Waals surface area contributed by atoms with Gasteiger partial charge in [0.05, 0.1) is 0 Å². The lowest BCUT2D eigenvalue weighted by molar-refractivity contribution is -0.116. The van der Waals surface area contributed by atoms with E-state index in [1.807, 2.05) is 30.3 Å². The van der Waals surface area contributed by atoms with Crippen molar-refractivity contribution in [3.8, 4) is 0 Å². The van der Waals surface area contributed by atoms with Crippen LogP contribution < -0.4 is 10.6 Å². The fourth-order valence-electron chi connectivity index (χ4n) is 2.58. The second kappa shape index (κ2) is 4.35. The lowest BCUT2D eigenvalue weighted by Crippen LogP contribution is -2.19. The molecule has 0 saturated heterocycles. The molecule has 0 bridgehead atoms. The van der Waals surface area contributed by atoms with Crippen LogP contribution in [-0.4, -0.2) is 5.91 Å². The lowest BCUT2D eigenvalue weighted by atomic mass is 10.1. The van der Waals surface area contributed by atoms with Gasteiger partial charge < -0.3 is 10.6 Å². The van der Waals surface area contributed by atoms with Gasteiger partial charge in [-0.1, -0.05) is 18.2 Å². The van der Waals surface area contributed by atoms with E-state index in [0.717, 1.165) is 16.9 Å². The molecule has 4 heteroatoms. The Morgan fingerprint density at radius 1 is 1.10 bits per heavy atom. The van der Waals surface area contributed by atoms with Gasteiger partial charge in [-0.25, -0.2) is 0 Å². The number of carbonyl (C=O) groups excluding carboxylic acids is 1. The largest absolute Gasteiger partial charge is 0.370 e. The van der Waals surface area contributed by atoms with E-state index in [4.69, 9.17) is 0 Å². The summed E-state index contributed by atoms with van der Waals surface area (Å²) in [5, 5.41) is 9.50. The maximum absolute atomic E-state index is 12.1. The van der Waals surface area contributed by atoms with E-state index in [1.165, 1.54) is 10.1 Å². The molecule has 3 nitrogen and oxygen atoms in total. The van der Waals surface area contributed by atoms with Crippen LogP contribution in [0.15, 0.2) is 53.9 Å². The van der Waals surface area contributed by atoms with E-state index in [-0.39, 0.29) is 11.9 Å². The summed E-state index contributed by atoms with van der Waals surface area (Å²) < 4.78 is 1.26. The molecule has 20 heavy (non-hydrogen) atoms. The number of fused-ring (bicyclic) bond motifs is 2. The van der Waals surface area contributed by atoms with Crippen molar-refractivity contribution < 1.29 is 4.79 Å². The minimum Gasteiger partial charge on any atom is -0.370 e. The molecule has 1 aliphatic heterocycles. The molecule has 0 spiro atoms. The molecule has 2 aromatic carbocycles. The van der Waals surface area contributed by atoms with E-state index >= 15 is 0 Å². The summed E-state index contributed by atoms with van der Waals surface area (Å²) in [5.41, 5.74) is 2.86. The van der Waals surface area contributed by atoms with E-state index in [2.05, 4.69) is 34.2 Å². The summed E-state index contributed by atoms with van der Waals surface area (Å²) in [5.74, 6) is -0.00313. The van der Waals surface area contributed by atoms with Crippen LogP contribution in [0.3, 0.4) is 0 Å². The summed E-state index contributed by atoms with van der Waals surface area (Å²) in [6, 6.07) is 15.8. The zero-order valence-electron chi connectivity index (χ0n) is 10.6. The fraction of sp³-hybridized carbons (Fsp3) is 0.0625. The standard InChI is InChI=1S/C16H12N2OS/c19-16-15(12-3-1-2-4-13(12)18-16)17-11-5-6-14-10(9-11)7-8-20-14/h1-9,15,17H,(H,18,19). The minimum absolute atomic E-state index is 0.00313. The number of hydrogen-bond acceptors (Lipinski definition) is 3. The van der Waals surface area contributed by atoms with Gasteiger partial charge in [-0.3, -0.25) is 4.79 Å². The van der Waals surface area contributed by atoms with Gasteiger partial charge in [-0.05, 0) is 41.1 Å². The second-order valence-electron chi connectivity index (χ2n) is 4.83. The second-order valence-corrected chi connectivity index (χ2v) is 5.77. The monoisotopic (exact) mass is 280 g/mol. The molecule has 1 amide bonds. The van der Waals surface area contributed by atoms with Crippen molar-refractivity contribution >= 4 is 38.7 Å². The normalized spacial score (nSPS) is 17.0. The Kier molecular flexibility index (Phi) is 2.50. The first-order valence-electron chi connectivity index (χ1n) is 6.45. The van der Waals surface area contributed by atoms with Gasteiger partial charge in [0.2, 0.25) is 0 Å². The van der Waals surface area contributed by atoms with E-state index < -0.39 is 0 Å². The smallest absolute Gasteiger partial charge is 0.251 e.